The van der Waals surface area contributed by atoms with Gasteiger partial charge in [-0.15, -0.1) is 0 Å². The highest BCUT2D eigenvalue weighted by molar-refractivity contribution is 7.90. The van der Waals surface area contributed by atoms with Crippen LogP contribution in [-0.4, -0.2) is 61.6 Å². The van der Waals surface area contributed by atoms with Crippen LogP contribution in [0.2, 0.25) is 0 Å². The number of hydrazone groups is 1. The molecule has 0 unspecified atom stereocenters. The van der Waals surface area contributed by atoms with Crippen LogP contribution in [0.1, 0.15) is 67.8 Å². The minimum absolute atomic E-state index is 0.00520. The van der Waals surface area contributed by atoms with E-state index in [0.29, 0.717) is 42.9 Å². The van der Waals surface area contributed by atoms with Crippen LogP contribution in [0.5, 0.6) is 0 Å². The number of rotatable bonds is 11. The number of amides is 3. The number of benzene rings is 2. The third-order valence-electron chi connectivity index (χ3n) is 6.96. The Bertz CT molecular complexity index is 1670. The highest BCUT2D eigenvalue weighted by Gasteiger charge is 2.27. The molecule has 45 heavy (non-hydrogen) atoms. The van der Waals surface area contributed by atoms with E-state index in [1.165, 1.54) is 4.90 Å². The first-order valence-corrected chi connectivity index (χ1v) is 16.9. The summed E-state index contributed by atoms with van der Waals surface area (Å²) in [5.74, 6) is 0.475. The number of furan rings is 1. The van der Waals surface area contributed by atoms with Gasteiger partial charge in [-0.3, -0.25) is 14.5 Å². The first-order chi connectivity index (χ1) is 21.2. The second-order valence-corrected chi connectivity index (χ2v) is 14.2. The Morgan fingerprint density at radius 3 is 2.49 bits per heavy atom. The van der Waals surface area contributed by atoms with Gasteiger partial charge in [-0.2, -0.15) is 5.10 Å². The summed E-state index contributed by atoms with van der Waals surface area (Å²) in [7, 11) is -3.31. The van der Waals surface area contributed by atoms with Crippen molar-refractivity contribution in [1.29, 1.82) is 0 Å². The van der Waals surface area contributed by atoms with Crippen molar-refractivity contribution in [2.45, 2.75) is 65.6 Å². The summed E-state index contributed by atoms with van der Waals surface area (Å²) in [6, 6.07) is 16.4. The number of fused-ring (bicyclic) bond motifs is 1. The van der Waals surface area contributed by atoms with Crippen molar-refractivity contribution in [2.75, 3.05) is 23.5 Å². The van der Waals surface area contributed by atoms with Crippen LogP contribution >= 0.6 is 0 Å². The molecule has 12 heteroatoms. The molecule has 0 spiro atoms. The van der Waals surface area contributed by atoms with Crippen molar-refractivity contribution in [1.82, 2.24) is 10.3 Å². The summed E-state index contributed by atoms with van der Waals surface area (Å²) in [6.45, 7) is 7.47. The van der Waals surface area contributed by atoms with Gasteiger partial charge in [-0.05, 0) is 75.1 Å². The van der Waals surface area contributed by atoms with Crippen molar-refractivity contribution in [3.05, 3.63) is 77.0 Å². The Labute approximate surface area is 264 Å². The molecule has 0 saturated carbocycles. The van der Waals surface area contributed by atoms with Gasteiger partial charge in [0.25, 0.3) is 5.91 Å². The number of hydrogen-bond acceptors (Lipinski definition) is 8. The zero-order valence-corrected chi connectivity index (χ0v) is 27.1. The maximum atomic E-state index is 13.1. The molecule has 3 aromatic rings. The van der Waals surface area contributed by atoms with E-state index < -0.39 is 21.5 Å². The molecule has 0 aliphatic carbocycles. The molecule has 3 amide bonds. The van der Waals surface area contributed by atoms with Gasteiger partial charge in [0.05, 0.1) is 18.8 Å². The fourth-order valence-electron chi connectivity index (χ4n) is 4.71. The summed E-state index contributed by atoms with van der Waals surface area (Å²) in [5, 5.41) is 3.87. The van der Waals surface area contributed by atoms with Gasteiger partial charge >= 0.3 is 6.09 Å². The number of anilines is 1. The minimum atomic E-state index is -3.31. The summed E-state index contributed by atoms with van der Waals surface area (Å²) in [5.41, 5.74) is 5.64. The molecule has 0 radical (unpaired) electrons. The van der Waals surface area contributed by atoms with Crippen LogP contribution in [0.25, 0.3) is 11.3 Å². The second-order valence-electron chi connectivity index (χ2n) is 12.0. The molecule has 11 nitrogen and oxygen atoms in total. The Morgan fingerprint density at radius 2 is 1.82 bits per heavy atom. The molecule has 1 N–H and O–H groups in total. The molecule has 0 saturated heterocycles. The Hall–Kier alpha value is -4.45. The van der Waals surface area contributed by atoms with Crippen molar-refractivity contribution in [2.24, 2.45) is 5.10 Å². The Kier molecular flexibility index (Phi) is 10.5. The second kappa shape index (κ2) is 14.1. The zero-order valence-electron chi connectivity index (χ0n) is 26.3. The average molecular weight is 637 g/mol. The number of ether oxygens (including phenoxy) is 1. The SMILES string of the molecule is CCC=NNC(=O)c1ccc(CN2C(=O)CCc3ccc(-c4ccc(CN(CCS(C)(=O)=O)C(=O)OC(C)(C)C)o4)cc32)cc1. The molecule has 0 fully saturated rings. The number of nitrogens with zero attached hydrogens (tertiary/aromatic N) is 3. The summed E-state index contributed by atoms with van der Waals surface area (Å²) >= 11 is 0. The fourth-order valence-corrected chi connectivity index (χ4v) is 5.26. The quantitative estimate of drug-likeness (QED) is 0.222. The molecule has 1 aliphatic heterocycles. The lowest BCUT2D eigenvalue weighted by Gasteiger charge is -2.30. The third-order valence-corrected chi connectivity index (χ3v) is 7.88. The summed E-state index contributed by atoms with van der Waals surface area (Å²) in [6.07, 6.45) is 3.83. The van der Waals surface area contributed by atoms with E-state index in [0.717, 1.165) is 28.6 Å². The van der Waals surface area contributed by atoms with E-state index in [1.807, 2.05) is 37.3 Å². The lowest BCUT2D eigenvalue weighted by atomic mass is 9.97. The van der Waals surface area contributed by atoms with E-state index in [9.17, 15) is 22.8 Å². The van der Waals surface area contributed by atoms with Crippen LogP contribution in [0.15, 0.2) is 64.1 Å². The van der Waals surface area contributed by atoms with Crippen molar-refractivity contribution >= 4 is 39.6 Å². The highest BCUT2D eigenvalue weighted by Crippen LogP contribution is 2.34. The van der Waals surface area contributed by atoms with E-state index in [2.05, 4.69) is 10.5 Å². The van der Waals surface area contributed by atoms with Crippen LogP contribution < -0.4 is 10.3 Å². The Balaban J connectivity index is 1.52. The molecule has 240 valence electrons. The number of carbonyl (C=O) groups is 3. The lowest BCUT2D eigenvalue weighted by Crippen LogP contribution is -2.38. The first kappa shape index (κ1) is 33.4. The lowest BCUT2D eigenvalue weighted by molar-refractivity contribution is -0.119. The molecular formula is C33H40N4O7S. The number of hydrogen-bond donors (Lipinski definition) is 1. The monoisotopic (exact) mass is 636 g/mol. The topological polar surface area (TPSA) is 139 Å². The first-order valence-electron chi connectivity index (χ1n) is 14.8. The molecule has 1 aromatic heterocycles. The van der Waals surface area contributed by atoms with Crippen molar-refractivity contribution in [3.63, 3.8) is 0 Å². The van der Waals surface area contributed by atoms with Gasteiger partial charge in [0, 0.05) is 42.3 Å². The Morgan fingerprint density at radius 1 is 1.09 bits per heavy atom. The molecule has 2 heterocycles. The van der Waals surface area contributed by atoms with E-state index >= 15 is 0 Å². The molecule has 0 atom stereocenters. The van der Waals surface area contributed by atoms with Crippen LogP contribution in [-0.2, 0) is 38.9 Å². The summed E-state index contributed by atoms with van der Waals surface area (Å²) < 4.78 is 35.2. The predicted molar refractivity (Wildman–Crippen MR) is 173 cm³/mol. The molecule has 1 aliphatic rings. The van der Waals surface area contributed by atoms with E-state index in [1.54, 1.807) is 56.2 Å². The number of carbonyl (C=O) groups excluding carboxylic acids is 3. The van der Waals surface area contributed by atoms with Gasteiger partial charge in [0.15, 0.2) is 0 Å². The standard InChI is InChI=1S/C33H40N4O7S/c1-6-17-34-35-31(39)25-9-7-23(8-10-25)21-37-28-20-26(12-11-24(28)13-16-30(37)38)29-15-14-27(43-29)22-36(18-19-45(5,41)42)32(40)44-33(2,3)4/h7-12,14-15,17,20H,6,13,16,18-19,21-22H2,1-5H3,(H,35,39). The van der Waals surface area contributed by atoms with Gasteiger partial charge in [0.1, 0.15) is 27.0 Å². The fraction of sp³-hybridized carbons (Fsp3) is 0.394. The smallest absolute Gasteiger partial charge is 0.410 e. The molecule has 4 rings (SSSR count). The minimum Gasteiger partial charge on any atom is -0.459 e. The average Bonchev–Trinajstić information content (AvgIpc) is 3.44. The number of aryl methyl sites for hydroxylation is 1. The van der Waals surface area contributed by atoms with Gasteiger partial charge in [-0.1, -0.05) is 31.2 Å². The predicted octanol–water partition coefficient (Wildman–Crippen LogP) is 5.33. The maximum absolute atomic E-state index is 13.1. The van der Waals surface area contributed by atoms with Crippen LogP contribution in [0.3, 0.4) is 0 Å². The number of nitrogens with one attached hydrogen (secondary N) is 1. The third kappa shape index (κ3) is 9.52. The van der Waals surface area contributed by atoms with E-state index in [-0.39, 0.29) is 30.7 Å². The molecule has 0 bridgehead atoms. The zero-order chi connectivity index (χ0) is 32.8. The molecule has 2 aromatic carbocycles. The largest absolute Gasteiger partial charge is 0.459 e. The molecular weight excluding hydrogens is 596 g/mol. The van der Waals surface area contributed by atoms with Crippen molar-refractivity contribution in [3.8, 4) is 11.3 Å². The van der Waals surface area contributed by atoms with E-state index in [4.69, 9.17) is 9.15 Å². The van der Waals surface area contributed by atoms with Gasteiger partial charge < -0.3 is 14.1 Å². The van der Waals surface area contributed by atoms with Crippen LogP contribution in [0, 0.1) is 0 Å². The van der Waals surface area contributed by atoms with Gasteiger partial charge in [-0.25, -0.2) is 18.6 Å². The number of sulfone groups is 1. The highest BCUT2D eigenvalue weighted by atomic mass is 32.2. The normalized spacial score (nSPS) is 13.5. The van der Waals surface area contributed by atoms with Crippen LogP contribution in [0.4, 0.5) is 10.5 Å². The van der Waals surface area contributed by atoms with Gasteiger partial charge in [0.2, 0.25) is 5.91 Å². The van der Waals surface area contributed by atoms with Crippen molar-refractivity contribution < 1.29 is 32.0 Å². The maximum Gasteiger partial charge on any atom is 0.410 e. The summed E-state index contributed by atoms with van der Waals surface area (Å²) in [4.78, 5) is 41.3.